The third kappa shape index (κ3) is 3.45. The molecular formula is C15H16FNO2. The lowest BCUT2D eigenvalue weighted by Crippen LogP contribution is -2.06. The minimum absolute atomic E-state index is 0.275. The van der Waals surface area contributed by atoms with Gasteiger partial charge in [0, 0.05) is 18.2 Å². The molecule has 0 heterocycles. The summed E-state index contributed by atoms with van der Waals surface area (Å²) in [6, 6.07) is 11.8. The van der Waals surface area contributed by atoms with Gasteiger partial charge >= 0.3 is 0 Å². The van der Waals surface area contributed by atoms with Crippen molar-refractivity contribution < 1.29 is 13.9 Å². The van der Waals surface area contributed by atoms with Crippen molar-refractivity contribution in [1.82, 2.24) is 5.32 Å². The molecule has 0 aliphatic heterocycles. The Morgan fingerprint density at radius 3 is 2.63 bits per heavy atom. The van der Waals surface area contributed by atoms with Crippen LogP contribution < -0.4 is 14.8 Å². The molecule has 0 radical (unpaired) electrons. The summed E-state index contributed by atoms with van der Waals surface area (Å²) in [6.07, 6.45) is 0. The van der Waals surface area contributed by atoms with Crippen LogP contribution in [0.4, 0.5) is 4.39 Å². The van der Waals surface area contributed by atoms with Crippen molar-refractivity contribution >= 4 is 0 Å². The summed E-state index contributed by atoms with van der Waals surface area (Å²) in [7, 11) is 3.41. The van der Waals surface area contributed by atoms with Gasteiger partial charge in [-0.3, -0.25) is 0 Å². The van der Waals surface area contributed by atoms with E-state index in [-0.39, 0.29) is 5.82 Å². The number of ether oxygens (including phenoxy) is 2. The SMILES string of the molecule is CNCc1cc(F)ccc1Oc1cccc(OC)c1. The molecule has 3 nitrogen and oxygen atoms in total. The molecule has 2 rings (SSSR count). The number of hydrogen-bond donors (Lipinski definition) is 1. The van der Waals surface area contributed by atoms with Gasteiger partial charge in [0.2, 0.25) is 0 Å². The van der Waals surface area contributed by atoms with Gasteiger partial charge in [0.25, 0.3) is 0 Å². The van der Waals surface area contributed by atoms with Crippen LogP contribution in [0.25, 0.3) is 0 Å². The summed E-state index contributed by atoms with van der Waals surface area (Å²) >= 11 is 0. The van der Waals surface area contributed by atoms with Gasteiger partial charge in [0.05, 0.1) is 7.11 Å². The zero-order chi connectivity index (χ0) is 13.7. The second-order valence-corrected chi connectivity index (χ2v) is 4.06. The molecule has 0 fully saturated rings. The van der Waals surface area contributed by atoms with Crippen LogP contribution in [0.15, 0.2) is 42.5 Å². The van der Waals surface area contributed by atoms with E-state index in [1.54, 1.807) is 26.3 Å². The summed E-state index contributed by atoms with van der Waals surface area (Å²) in [5, 5.41) is 2.99. The molecule has 2 aromatic rings. The Morgan fingerprint density at radius 2 is 1.89 bits per heavy atom. The Hall–Kier alpha value is -2.07. The van der Waals surface area contributed by atoms with E-state index < -0.39 is 0 Å². The van der Waals surface area contributed by atoms with Gasteiger partial charge in [0.15, 0.2) is 0 Å². The molecule has 0 bridgehead atoms. The van der Waals surface area contributed by atoms with Gasteiger partial charge < -0.3 is 14.8 Å². The first-order chi connectivity index (χ1) is 9.22. The Bertz CT molecular complexity index is 558. The monoisotopic (exact) mass is 261 g/mol. The first kappa shape index (κ1) is 13.4. The van der Waals surface area contributed by atoms with E-state index in [0.29, 0.717) is 18.0 Å². The molecule has 0 spiro atoms. The zero-order valence-electron chi connectivity index (χ0n) is 10.9. The fraction of sp³-hybridized carbons (Fsp3) is 0.200. The lowest BCUT2D eigenvalue weighted by molar-refractivity contribution is 0.408. The predicted octanol–water partition coefficient (Wildman–Crippen LogP) is 3.35. The third-order valence-corrected chi connectivity index (χ3v) is 2.66. The topological polar surface area (TPSA) is 30.5 Å². The van der Waals surface area contributed by atoms with Crippen molar-refractivity contribution in [3.05, 3.63) is 53.8 Å². The second kappa shape index (κ2) is 6.20. The van der Waals surface area contributed by atoms with E-state index in [9.17, 15) is 4.39 Å². The minimum Gasteiger partial charge on any atom is -0.497 e. The van der Waals surface area contributed by atoms with Gasteiger partial charge in [-0.1, -0.05) is 6.07 Å². The summed E-state index contributed by atoms with van der Waals surface area (Å²) in [5.74, 6) is 1.73. The highest BCUT2D eigenvalue weighted by Gasteiger charge is 2.06. The second-order valence-electron chi connectivity index (χ2n) is 4.06. The molecule has 0 atom stereocenters. The van der Waals surface area contributed by atoms with Crippen LogP contribution >= 0.6 is 0 Å². The molecule has 19 heavy (non-hydrogen) atoms. The van der Waals surface area contributed by atoms with Crippen LogP contribution in [0.2, 0.25) is 0 Å². The fourth-order valence-corrected chi connectivity index (χ4v) is 1.77. The van der Waals surface area contributed by atoms with Crippen molar-refractivity contribution in [2.75, 3.05) is 14.2 Å². The van der Waals surface area contributed by atoms with E-state index >= 15 is 0 Å². The number of methoxy groups -OCH3 is 1. The number of nitrogens with one attached hydrogen (secondary N) is 1. The molecular weight excluding hydrogens is 245 g/mol. The third-order valence-electron chi connectivity index (χ3n) is 2.66. The van der Waals surface area contributed by atoms with E-state index in [1.807, 2.05) is 18.2 Å². The fourth-order valence-electron chi connectivity index (χ4n) is 1.77. The lowest BCUT2D eigenvalue weighted by Gasteiger charge is -2.11. The van der Waals surface area contributed by atoms with E-state index in [1.165, 1.54) is 12.1 Å². The van der Waals surface area contributed by atoms with Crippen LogP contribution in [0, 0.1) is 5.82 Å². The first-order valence-electron chi connectivity index (χ1n) is 5.98. The average Bonchev–Trinajstić information content (AvgIpc) is 2.42. The summed E-state index contributed by atoms with van der Waals surface area (Å²) < 4.78 is 24.1. The lowest BCUT2D eigenvalue weighted by atomic mass is 10.2. The van der Waals surface area contributed by atoms with Gasteiger partial charge in [-0.25, -0.2) is 4.39 Å². The Kier molecular flexibility index (Phi) is 4.36. The van der Waals surface area contributed by atoms with Crippen LogP contribution in [-0.2, 0) is 6.54 Å². The normalized spacial score (nSPS) is 10.3. The number of halogens is 1. The Balaban J connectivity index is 2.26. The Morgan fingerprint density at radius 1 is 1.11 bits per heavy atom. The summed E-state index contributed by atoms with van der Waals surface area (Å²) in [4.78, 5) is 0. The van der Waals surface area contributed by atoms with Crippen molar-refractivity contribution in [1.29, 1.82) is 0 Å². The number of hydrogen-bond acceptors (Lipinski definition) is 3. The Labute approximate surface area is 112 Å². The molecule has 0 unspecified atom stereocenters. The molecule has 0 saturated carbocycles. The van der Waals surface area contributed by atoms with Gasteiger partial charge in [-0.2, -0.15) is 0 Å². The van der Waals surface area contributed by atoms with E-state index in [0.717, 1.165) is 11.3 Å². The van der Waals surface area contributed by atoms with Gasteiger partial charge in [-0.05, 0) is 37.4 Å². The predicted molar refractivity (Wildman–Crippen MR) is 72.2 cm³/mol. The molecule has 0 aliphatic carbocycles. The minimum atomic E-state index is -0.275. The molecule has 0 aliphatic rings. The average molecular weight is 261 g/mol. The number of benzene rings is 2. The van der Waals surface area contributed by atoms with Crippen LogP contribution in [0.5, 0.6) is 17.2 Å². The van der Waals surface area contributed by atoms with Gasteiger partial charge in [0.1, 0.15) is 23.1 Å². The highest BCUT2D eigenvalue weighted by molar-refractivity contribution is 5.40. The maximum atomic E-state index is 13.2. The molecule has 0 aromatic heterocycles. The van der Waals surface area contributed by atoms with E-state index in [2.05, 4.69) is 5.32 Å². The van der Waals surface area contributed by atoms with Crippen LogP contribution in [0.3, 0.4) is 0 Å². The van der Waals surface area contributed by atoms with Gasteiger partial charge in [-0.15, -0.1) is 0 Å². The summed E-state index contributed by atoms with van der Waals surface area (Å²) in [6.45, 7) is 0.539. The molecule has 0 amide bonds. The maximum Gasteiger partial charge on any atom is 0.132 e. The highest BCUT2D eigenvalue weighted by Crippen LogP contribution is 2.28. The smallest absolute Gasteiger partial charge is 0.132 e. The van der Waals surface area contributed by atoms with E-state index in [4.69, 9.17) is 9.47 Å². The van der Waals surface area contributed by atoms with Crippen molar-refractivity contribution in [2.45, 2.75) is 6.54 Å². The number of rotatable bonds is 5. The first-order valence-corrected chi connectivity index (χ1v) is 5.98. The molecule has 1 N–H and O–H groups in total. The molecule has 100 valence electrons. The van der Waals surface area contributed by atoms with Crippen molar-refractivity contribution in [3.8, 4) is 17.2 Å². The van der Waals surface area contributed by atoms with Crippen LogP contribution in [-0.4, -0.2) is 14.2 Å². The molecule has 2 aromatic carbocycles. The largest absolute Gasteiger partial charge is 0.497 e. The zero-order valence-corrected chi connectivity index (χ0v) is 10.9. The molecule has 4 heteroatoms. The standard InChI is InChI=1S/C15H16FNO2/c1-17-10-11-8-12(16)6-7-15(11)19-14-5-3-4-13(9-14)18-2/h3-9,17H,10H2,1-2H3. The van der Waals surface area contributed by atoms with Crippen molar-refractivity contribution in [2.24, 2.45) is 0 Å². The quantitative estimate of drug-likeness (QED) is 0.895. The van der Waals surface area contributed by atoms with Crippen molar-refractivity contribution in [3.63, 3.8) is 0 Å². The highest BCUT2D eigenvalue weighted by atomic mass is 19.1. The maximum absolute atomic E-state index is 13.2. The van der Waals surface area contributed by atoms with Crippen LogP contribution in [0.1, 0.15) is 5.56 Å². The molecule has 0 saturated heterocycles. The summed E-state index contributed by atoms with van der Waals surface area (Å²) in [5.41, 5.74) is 0.769.